The lowest BCUT2D eigenvalue weighted by Crippen LogP contribution is -2.26. The maximum Gasteiger partial charge on any atom is 0.0912 e. The molecular weight excluding hydrogens is 306 g/mol. The summed E-state index contributed by atoms with van der Waals surface area (Å²) in [4.78, 5) is 0. The fourth-order valence-electron chi connectivity index (χ4n) is 4.56. The van der Waals surface area contributed by atoms with Gasteiger partial charge >= 0.3 is 0 Å². The van der Waals surface area contributed by atoms with Crippen LogP contribution in [0.4, 0.5) is 0 Å². The van der Waals surface area contributed by atoms with Crippen molar-refractivity contribution < 1.29 is 4.74 Å². The van der Waals surface area contributed by atoms with Gasteiger partial charge in [-0.3, -0.25) is 0 Å². The van der Waals surface area contributed by atoms with E-state index in [0.29, 0.717) is 6.10 Å². The Balaban J connectivity index is 1.52. The van der Waals surface area contributed by atoms with Crippen molar-refractivity contribution in [1.29, 1.82) is 5.26 Å². The minimum atomic E-state index is 0.527. The highest BCUT2D eigenvalue weighted by Gasteiger charge is 2.24. The summed E-state index contributed by atoms with van der Waals surface area (Å²) < 4.78 is 6.28. The second-order valence-corrected chi connectivity index (χ2v) is 8.15. The van der Waals surface area contributed by atoms with E-state index in [2.05, 4.69) is 13.0 Å². The van der Waals surface area contributed by atoms with Crippen molar-refractivity contribution in [2.45, 2.75) is 90.1 Å². The summed E-state index contributed by atoms with van der Waals surface area (Å²) in [5.74, 6) is 2.70. The fraction of sp³-hybridized carbons (Fsp3) is 0.783. The summed E-state index contributed by atoms with van der Waals surface area (Å²) in [5, 5.41) is 8.43. The minimum Gasteiger partial charge on any atom is -0.378 e. The second kappa shape index (κ2) is 12.3. The molecule has 0 heterocycles. The first-order chi connectivity index (χ1) is 12.3. The molecule has 0 spiro atoms. The van der Waals surface area contributed by atoms with Crippen molar-refractivity contribution in [1.82, 2.24) is 0 Å². The number of nitrogens with zero attached hydrogens (tertiary/aromatic N) is 1. The largest absolute Gasteiger partial charge is 0.378 e. The fourth-order valence-corrected chi connectivity index (χ4v) is 4.56. The van der Waals surface area contributed by atoms with Crippen LogP contribution in [0.1, 0.15) is 84.0 Å². The van der Waals surface area contributed by atoms with Gasteiger partial charge in [-0.15, -0.1) is 0 Å². The molecule has 0 amide bonds. The van der Waals surface area contributed by atoms with Crippen LogP contribution in [-0.4, -0.2) is 12.7 Å². The van der Waals surface area contributed by atoms with Gasteiger partial charge in [0.15, 0.2) is 0 Å². The topological polar surface area (TPSA) is 33.0 Å². The number of nitriles is 1. The third kappa shape index (κ3) is 8.23. The highest BCUT2D eigenvalue weighted by molar-refractivity contribution is 5.11. The SMILES string of the molecule is CCCC1CCC(COC2CCC(CC/C=C/C=C/C#N)CC2)CC1. The van der Waals surface area contributed by atoms with Crippen LogP contribution >= 0.6 is 0 Å². The van der Waals surface area contributed by atoms with Crippen molar-refractivity contribution in [3.05, 3.63) is 24.3 Å². The lowest BCUT2D eigenvalue weighted by atomic mass is 9.80. The molecule has 2 aliphatic carbocycles. The Kier molecular flexibility index (Phi) is 9.97. The van der Waals surface area contributed by atoms with Crippen molar-refractivity contribution in [2.75, 3.05) is 6.61 Å². The number of rotatable bonds is 9. The van der Waals surface area contributed by atoms with Crippen molar-refractivity contribution >= 4 is 0 Å². The van der Waals surface area contributed by atoms with E-state index < -0.39 is 0 Å². The van der Waals surface area contributed by atoms with E-state index in [-0.39, 0.29) is 0 Å². The van der Waals surface area contributed by atoms with Crippen molar-refractivity contribution in [3.63, 3.8) is 0 Å². The molecule has 0 bridgehead atoms. The van der Waals surface area contributed by atoms with Gasteiger partial charge in [0, 0.05) is 12.7 Å². The van der Waals surface area contributed by atoms with Gasteiger partial charge in [-0.1, -0.05) is 50.8 Å². The zero-order valence-corrected chi connectivity index (χ0v) is 16.2. The predicted molar refractivity (Wildman–Crippen MR) is 105 cm³/mol. The van der Waals surface area contributed by atoms with Crippen LogP contribution < -0.4 is 0 Å². The number of hydrogen-bond acceptors (Lipinski definition) is 2. The van der Waals surface area contributed by atoms with Gasteiger partial charge in [0.25, 0.3) is 0 Å². The Morgan fingerprint density at radius 3 is 2.20 bits per heavy atom. The standard InChI is InChI=1S/C23H37NO/c1-2-8-20-10-12-22(13-11-20)19-25-23-16-14-21(15-17-23)9-6-4-3-5-7-18-24/h3-5,7,20-23H,2,6,8-17,19H2,1H3/b4-3+,7-5+. The van der Waals surface area contributed by atoms with Crippen LogP contribution in [-0.2, 0) is 4.74 Å². The van der Waals surface area contributed by atoms with Crippen molar-refractivity contribution in [3.8, 4) is 6.07 Å². The molecule has 0 aliphatic heterocycles. The number of allylic oxidation sites excluding steroid dienone is 4. The predicted octanol–water partition coefficient (Wildman–Crippen LogP) is 6.58. The molecule has 140 valence electrons. The molecule has 2 saturated carbocycles. The van der Waals surface area contributed by atoms with Gasteiger partial charge in [-0.2, -0.15) is 5.26 Å². The highest BCUT2D eigenvalue weighted by atomic mass is 16.5. The van der Waals surface area contributed by atoms with E-state index >= 15 is 0 Å². The molecule has 25 heavy (non-hydrogen) atoms. The molecule has 0 atom stereocenters. The Morgan fingerprint density at radius 2 is 1.52 bits per heavy atom. The quantitative estimate of drug-likeness (QED) is 0.350. The van der Waals surface area contributed by atoms with E-state index in [1.165, 1.54) is 76.7 Å². The van der Waals surface area contributed by atoms with Gasteiger partial charge in [-0.05, 0) is 69.1 Å². The molecule has 0 saturated heterocycles. The molecule has 2 rings (SSSR count). The van der Waals surface area contributed by atoms with E-state index in [0.717, 1.165) is 30.8 Å². The van der Waals surface area contributed by atoms with E-state index in [9.17, 15) is 0 Å². The zero-order chi connectivity index (χ0) is 17.7. The molecule has 2 heteroatoms. The normalized spacial score (nSPS) is 30.7. The molecule has 0 N–H and O–H groups in total. The lowest BCUT2D eigenvalue weighted by molar-refractivity contribution is -0.0101. The Hall–Kier alpha value is -1.07. The first-order valence-electron chi connectivity index (χ1n) is 10.6. The summed E-state index contributed by atoms with van der Waals surface area (Å²) in [5.41, 5.74) is 0. The second-order valence-electron chi connectivity index (χ2n) is 8.15. The molecule has 0 radical (unpaired) electrons. The summed E-state index contributed by atoms with van der Waals surface area (Å²) in [7, 11) is 0. The van der Waals surface area contributed by atoms with E-state index in [1.54, 1.807) is 0 Å². The maximum atomic E-state index is 8.43. The van der Waals surface area contributed by atoms with Crippen molar-refractivity contribution in [2.24, 2.45) is 17.8 Å². The third-order valence-electron chi connectivity index (χ3n) is 6.18. The lowest BCUT2D eigenvalue weighted by Gasteiger charge is -2.32. The molecule has 0 aromatic heterocycles. The molecule has 0 aromatic carbocycles. The summed E-state index contributed by atoms with van der Waals surface area (Å²) in [6.07, 6.45) is 24.1. The van der Waals surface area contributed by atoms with E-state index in [4.69, 9.17) is 10.00 Å². The van der Waals surface area contributed by atoms with Crippen LogP contribution in [0.5, 0.6) is 0 Å². The maximum absolute atomic E-state index is 8.43. The van der Waals surface area contributed by atoms with Crippen LogP contribution in [0.2, 0.25) is 0 Å². The third-order valence-corrected chi connectivity index (χ3v) is 6.18. The Bertz CT molecular complexity index is 431. The van der Waals surface area contributed by atoms with Crippen LogP contribution in [0.25, 0.3) is 0 Å². The van der Waals surface area contributed by atoms with Gasteiger partial charge < -0.3 is 4.74 Å². The van der Waals surface area contributed by atoms with Crippen LogP contribution in [0.3, 0.4) is 0 Å². The van der Waals surface area contributed by atoms with Gasteiger partial charge in [0.2, 0.25) is 0 Å². The first kappa shape index (κ1) is 20.2. The average molecular weight is 344 g/mol. The first-order valence-corrected chi connectivity index (χ1v) is 10.6. The zero-order valence-electron chi connectivity index (χ0n) is 16.2. The summed E-state index contributed by atoms with van der Waals surface area (Å²) in [6.45, 7) is 3.33. The minimum absolute atomic E-state index is 0.527. The Morgan fingerprint density at radius 1 is 0.880 bits per heavy atom. The molecule has 2 aliphatic rings. The average Bonchev–Trinajstić information content (AvgIpc) is 2.65. The van der Waals surface area contributed by atoms with Crippen LogP contribution in [0.15, 0.2) is 24.3 Å². The molecule has 2 fully saturated rings. The van der Waals surface area contributed by atoms with Gasteiger partial charge in [0.1, 0.15) is 0 Å². The molecular formula is C23H37NO. The van der Waals surface area contributed by atoms with E-state index in [1.807, 2.05) is 18.2 Å². The monoisotopic (exact) mass is 343 g/mol. The molecule has 2 nitrogen and oxygen atoms in total. The van der Waals surface area contributed by atoms with Gasteiger partial charge in [0.05, 0.1) is 12.2 Å². The summed E-state index contributed by atoms with van der Waals surface area (Å²) in [6, 6.07) is 2.01. The smallest absolute Gasteiger partial charge is 0.0912 e. The van der Waals surface area contributed by atoms with Gasteiger partial charge in [-0.25, -0.2) is 0 Å². The summed E-state index contributed by atoms with van der Waals surface area (Å²) >= 11 is 0. The Labute approximate surface area is 155 Å². The number of ether oxygens (including phenoxy) is 1. The number of hydrogen-bond donors (Lipinski definition) is 0. The highest BCUT2D eigenvalue weighted by Crippen LogP contribution is 2.33. The molecule has 0 unspecified atom stereocenters. The molecule has 0 aromatic rings. The van der Waals surface area contributed by atoms with Crippen LogP contribution in [0, 0.1) is 29.1 Å².